The van der Waals surface area contributed by atoms with Gasteiger partial charge in [-0.25, -0.2) is 4.79 Å². The number of ether oxygens (including phenoxy) is 1. The Hall–Kier alpha value is -0.900. The van der Waals surface area contributed by atoms with Crippen molar-refractivity contribution >= 4 is 21.9 Å². The smallest absolute Gasteiger partial charge is 0.339 e. The average molecular weight is 258 g/mol. The van der Waals surface area contributed by atoms with E-state index in [1.807, 2.05) is 6.92 Å². The van der Waals surface area contributed by atoms with E-state index in [0.29, 0.717) is 17.5 Å². The van der Waals surface area contributed by atoms with Crippen LogP contribution in [0.4, 0.5) is 0 Å². The molecular formula is C10H12BrNO2. The van der Waals surface area contributed by atoms with Gasteiger partial charge in [-0.3, -0.25) is 4.98 Å². The third-order valence-electron chi connectivity index (χ3n) is 1.63. The summed E-state index contributed by atoms with van der Waals surface area (Å²) in [5, 5.41) is 0.692. The molecule has 0 fully saturated rings. The first-order valence-corrected chi connectivity index (χ1v) is 5.58. The summed E-state index contributed by atoms with van der Waals surface area (Å²) in [4.78, 5) is 15.4. The third-order valence-corrected chi connectivity index (χ3v) is 2.21. The second kappa shape index (κ2) is 5.75. The lowest BCUT2D eigenvalue weighted by atomic mass is 10.2. The fourth-order valence-corrected chi connectivity index (χ4v) is 1.23. The maximum absolute atomic E-state index is 11.3. The Morgan fingerprint density at radius 1 is 1.57 bits per heavy atom. The van der Waals surface area contributed by atoms with Crippen LogP contribution in [0.3, 0.4) is 0 Å². The zero-order valence-corrected chi connectivity index (χ0v) is 9.58. The van der Waals surface area contributed by atoms with E-state index in [0.717, 1.165) is 12.1 Å². The Morgan fingerprint density at radius 3 is 2.86 bits per heavy atom. The molecule has 1 heterocycles. The van der Waals surface area contributed by atoms with Gasteiger partial charge in [0.1, 0.15) is 0 Å². The van der Waals surface area contributed by atoms with Crippen molar-refractivity contribution in [2.24, 2.45) is 0 Å². The Kier molecular flexibility index (Phi) is 4.59. The minimum atomic E-state index is -0.305. The molecule has 0 atom stereocenters. The van der Waals surface area contributed by atoms with Crippen LogP contribution in [0.25, 0.3) is 0 Å². The predicted octanol–water partition coefficient (Wildman–Crippen LogP) is 2.54. The number of pyridine rings is 1. The fourth-order valence-electron chi connectivity index (χ4n) is 0.902. The summed E-state index contributed by atoms with van der Waals surface area (Å²) in [7, 11) is 0. The van der Waals surface area contributed by atoms with Crippen molar-refractivity contribution in [2.45, 2.75) is 18.7 Å². The van der Waals surface area contributed by atoms with Crippen LogP contribution < -0.4 is 0 Å². The molecule has 0 saturated heterocycles. The molecule has 0 unspecified atom stereocenters. The van der Waals surface area contributed by atoms with E-state index < -0.39 is 0 Å². The molecule has 0 bridgehead atoms. The number of esters is 1. The van der Waals surface area contributed by atoms with Gasteiger partial charge in [-0.05, 0) is 18.6 Å². The maximum atomic E-state index is 11.3. The van der Waals surface area contributed by atoms with Gasteiger partial charge >= 0.3 is 5.97 Å². The van der Waals surface area contributed by atoms with Crippen molar-refractivity contribution < 1.29 is 9.53 Å². The molecule has 3 nitrogen and oxygen atoms in total. The minimum Gasteiger partial charge on any atom is -0.462 e. The molecular weight excluding hydrogens is 246 g/mol. The second-order valence-electron chi connectivity index (χ2n) is 2.81. The predicted molar refractivity (Wildman–Crippen MR) is 57.4 cm³/mol. The van der Waals surface area contributed by atoms with Gasteiger partial charge in [0.2, 0.25) is 0 Å². The number of alkyl halides is 1. The van der Waals surface area contributed by atoms with Gasteiger partial charge in [0, 0.05) is 11.5 Å². The molecule has 0 aliphatic heterocycles. The standard InChI is InChI=1S/C10H12BrNO2/c1-2-5-14-10(13)8-3-4-9(6-11)12-7-8/h3-4,7H,2,5-6H2,1H3. The van der Waals surface area contributed by atoms with E-state index in [-0.39, 0.29) is 5.97 Å². The van der Waals surface area contributed by atoms with Crippen molar-refractivity contribution in [3.63, 3.8) is 0 Å². The molecule has 0 radical (unpaired) electrons. The highest BCUT2D eigenvalue weighted by molar-refractivity contribution is 9.08. The van der Waals surface area contributed by atoms with Crippen LogP contribution in [0.15, 0.2) is 18.3 Å². The minimum absolute atomic E-state index is 0.305. The van der Waals surface area contributed by atoms with Crippen LogP contribution in [0.1, 0.15) is 29.4 Å². The second-order valence-corrected chi connectivity index (χ2v) is 3.37. The number of aromatic nitrogens is 1. The van der Waals surface area contributed by atoms with Crippen LogP contribution in [0.2, 0.25) is 0 Å². The highest BCUT2D eigenvalue weighted by Gasteiger charge is 2.06. The lowest BCUT2D eigenvalue weighted by Gasteiger charge is -2.02. The highest BCUT2D eigenvalue weighted by atomic mass is 79.9. The Labute approximate surface area is 91.6 Å². The highest BCUT2D eigenvalue weighted by Crippen LogP contribution is 2.05. The molecule has 0 aromatic carbocycles. The van der Waals surface area contributed by atoms with Gasteiger partial charge in [0.25, 0.3) is 0 Å². The molecule has 1 aromatic rings. The van der Waals surface area contributed by atoms with Crippen molar-refractivity contribution in [3.05, 3.63) is 29.6 Å². The SMILES string of the molecule is CCCOC(=O)c1ccc(CBr)nc1. The molecule has 1 aromatic heterocycles. The molecule has 0 N–H and O–H groups in total. The first-order chi connectivity index (χ1) is 6.77. The Balaban J connectivity index is 2.62. The summed E-state index contributed by atoms with van der Waals surface area (Å²) in [6.45, 7) is 2.42. The Morgan fingerprint density at radius 2 is 2.36 bits per heavy atom. The van der Waals surface area contributed by atoms with Gasteiger partial charge in [-0.1, -0.05) is 22.9 Å². The van der Waals surface area contributed by atoms with Crippen molar-refractivity contribution in [2.75, 3.05) is 6.61 Å². The summed E-state index contributed by atoms with van der Waals surface area (Å²) in [6.07, 6.45) is 2.37. The molecule has 0 spiro atoms. The van der Waals surface area contributed by atoms with Crippen LogP contribution >= 0.6 is 15.9 Å². The molecule has 0 aliphatic rings. The summed E-state index contributed by atoms with van der Waals surface area (Å²) in [5.41, 5.74) is 1.40. The van der Waals surface area contributed by atoms with E-state index in [4.69, 9.17) is 4.74 Å². The van der Waals surface area contributed by atoms with Crippen LogP contribution in [0.5, 0.6) is 0 Å². The summed E-state index contributed by atoms with van der Waals surface area (Å²) < 4.78 is 4.96. The first-order valence-electron chi connectivity index (χ1n) is 4.46. The molecule has 0 saturated carbocycles. The number of carbonyl (C=O) groups is 1. The van der Waals surface area contributed by atoms with Crippen LogP contribution in [0, 0.1) is 0 Å². The van der Waals surface area contributed by atoms with E-state index in [1.165, 1.54) is 6.20 Å². The van der Waals surface area contributed by atoms with Crippen molar-refractivity contribution in [1.82, 2.24) is 4.98 Å². The first kappa shape index (κ1) is 11.2. The molecule has 76 valence electrons. The van der Waals surface area contributed by atoms with Gasteiger partial charge in [0.05, 0.1) is 17.9 Å². The fraction of sp³-hybridized carbons (Fsp3) is 0.400. The topological polar surface area (TPSA) is 39.2 Å². The van der Waals surface area contributed by atoms with Gasteiger partial charge in [-0.15, -0.1) is 0 Å². The lowest BCUT2D eigenvalue weighted by Crippen LogP contribution is -2.06. The zero-order chi connectivity index (χ0) is 10.4. The zero-order valence-electron chi connectivity index (χ0n) is 8.00. The molecule has 0 aliphatic carbocycles. The quantitative estimate of drug-likeness (QED) is 0.615. The lowest BCUT2D eigenvalue weighted by molar-refractivity contribution is 0.0504. The maximum Gasteiger partial charge on any atom is 0.339 e. The van der Waals surface area contributed by atoms with E-state index in [9.17, 15) is 4.79 Å². The molecule has 4 heteroatoms. The number of hydrogen-bond donors (Lipinski definition) is 0. The van der Waals surface area contributed by atoms with Gasteiger partial charge in [0.15, 0.2) is 0 Å². The normalized spacial score (nSPS) is 9.86. The molecule has 14 heavy (non-hydrogen) atoms. The summed E-state index contributed by atoms with van der Waals surface area (Å²) >= 11 is 3.28. The van der Waals surface area contributed by atoms with Gasteiger partial charge in [-0.2, -0.15) is 0 Å². The van der Waals surface area contributed by atoms with Crippen molar-refractivity contribution in [3.8, 4) is 0 Å². The number of rotatable bonds is 4. The van der Waals surface area contributed by atoms with Crippen molar-refractivity contribution in [1.29, 1.82) is 0 Å². The molecule has 1 rings (SSSR count). The van der Waals surface area contributed by atoms with Gasteiger partial charge < -0.3 is 4.74 Å². The van der Waals surface area contributed by atoms with Crippen LogP contribution in [-0.4, -0.2) is 17.6 Å². The molecule has 0 amide bonds. The van der Waals surface area contributed by atoms with Crippen LogP contribution in [-0.2, 0) is 10.1 Å². The summed E-state index contributed by atoms with van der Waals surface area (Å²) in [5.74, 6) is -0.305. The largest absolute Gasteiger partial charge is 0.462 e. The Bertz CT molecular complexity index is 297. The average Bonchev–Trinajstić information content (AvgIpc) is 2.26. The number of hydrogen-bond acceptors (Lipinski definition) is 3. The number of halogens is 1. The number of nitrogens with zero attached hydrogens (tertiary/aromatic N) is 1. The van der Waals surface area contributed by atoms with E-state index >= 15 is 0 Å². The monoisotopic (exact) mass is 257 g/mol. The number of carbonyl (C=O) groups excluding carboxylic acids is 1. The van der Waals surface area contributed by atoms with E-state index in [1.54, 1.807) is 12.1 Å². The van der Waals surface area contributed by atoms with E-state index in [2.05, 4.69) is 20.9 Å². The summed E-state index contributed by atoms with van der Waals surface area (Å²) in [6, 6.07) is 3.53. The third kappa shape index (κ3) is 3.10.